The van der Waals surface area contributed by atoms with Crippen molar-refractivity contribution in [1.29, 1.82) is 0 Å². The molecule has 1 aliphatic rings. The van der Waals surface area contributed by atoms with E-state index >= 15 is 0 Å². The van der Waals surface area contributed by atoms with Gasteiger partial charge in [-0.15, -0.1) is 0 Å². The third kappa shape index (κ3) is 3.33. The van der Waals surface area contributed by atoms with Gasteiger partial charge in [-0.05, 0) is 25.6 Å². The van der Waals surface area contributed by atoms with Gasteiger partial charge in [-0.25, -0.2) is 4.98 Å². The molecule has 1 aliphatic heterocycles. The van der Waals surface area contributed by atoms with Crippen LogP contribution in [0.15, 0.2) is 29.1 Å². The minimum atomic E-state index is -0.114. The Morgan fingerprint density at radius 2 is 1.88 bits per heavy atom. The first-order valence-electron chi connectivity index (χ1n) is 8.56. The second-order valence-corrected chi connectivity index (χ2v) is 6.21. The molecule has 2 aromatic rings. The average Bonchev–Trinajstić information content (AvgIpc) is 2.62. The Morgan fingerprint density at radius 1 is 1.17 bits per heavy atom. The Hall–Kier alpha value is -2.21. The highest BCUT2D eigenvalue weighted by molar-refractivity contribution is 5.77. The van der Waals surface area contributed by atoms with Crippen LogP contribution in [0.4, 0.5) is 0 Å². The Bertz CT molecular complexity index is 791. The van der Waals surface area contributed by atoms with Crippen molar-refractivity contribution in [3.8, 4) is 0 Å². The molecule has 128 valence electrons. The van der Waals surface area contributed by atoms with Crippen LogP contribution < -0.4 is 5.56 Å². The summed E-state index contributed by atoms with van der Waals surface area (Å²) in [7, 11) is 0. The molecule has 0 unspecified atom stereocenters. The molecule has 0 aliphatic carbocycles. The van der Waals surface area contributed by atoms with Crippen LogP contribution in [0.1, 0.15) is 19.0 Å². The number of carbonyl (C=O) groups is 1. The molecule has 24 heavy (non-hydrogen) atoms. The van der Waals surface area contributed by atoms with E-state index in [-0.39, 0.29) is 11.5 Å². The summed E-state index contributed by atoms with van der Waals surface area (Å²) in [6.07, 6.45) is 0.347. The number of hydrogen-bond acceptors (Lipinski definition) is 4. The minimum Gasteiger partial charge on any atom is -0.340 e. The number of aryl methyl sites for hydroxylation is 2. The fraction of sp³-hybridized carbons (Fsp3) is 0.500. The zero-order valence-corrected chi connectivity index (χ0v) is 14.4. The molecule has 3 rings (SSSR count). The summed E-state index contributed by atoms with van der Waals surface area (Å²) in [5, 5.41) is 0. The standard InChI is InChI=1S/C18H24N4O2/c1-3-20-10-12-21(13-11-20)17(23)8-9-22-16-7-5-4-6-15(16)19-14(2)18(22)24/h4-7H,3,8-13H2,1-2H3. The highest BCUT2D eigenvalue weighted by Crippen LogP contribution is 2.11. The van der Waals surface area contributed by atoms with Gasteiger partial charge in [0.2, 0.25) is 5.91 Å². The minimum absolute atomic E-state index is 0.114. The number of rotatable bonds is 4. The van der Waals surface area contributed by atoms with Crippen LogP contribution in [0.3, 0.4) is 0 Å². The molecule has 2 heterocycles. The van der Waals surface area contributed by atoms with Crippen LogP contribution in [-0.4, -0.2) is 58.0 Å². The van der Waals surface area contributed by atoms with Crippen LogP contribution in [-0.2, 0) is 11.3 Å². The number of hydrogen-bond donors (Lipinski definition) is 0. The van der Waals surface area contributed by atoms with E-state index in [0.717, 1.165) is 43.8 Å². The van der Waals surface area contributed by atoms with E-state index in [1.807, 2.05) is 29.2 Å². The van der Waals surface area contributed by atoms with Crippen LogP contribution in [0.25, 0.3) is 11.0 Å². The largest absolute Gasteiger partial charge is 0.340 e. The van der Waals surface area contributed by atoms with Crippen molar-refractivity contribution in [3.05, 3.63) is 40.3 Å². The molecular weight excluding hydrogens is 304 g/mol. The number of nitrogens with zero attached hydrogens (tertiary/aromatic N) is 4. The second-order valence-electron chi connectivity index (χ2n) is 6.21. The van der Waals surface area contributed by atoms with Gasteiger partial charge in [0.1, 0.15) is 5.69 Å². The number of aromatic nitrogens is 2. The summed E-state index contributed by atoms with van der Waals surface area (Å²) in [6.45, 7) is 8.70. The van der Waals surface area contributed by atoms with Crippen molar-refractivity contribution in [1.82, 2.24) is 19.4 Å². The van der Waals surface area contributed by atoms with Gasteiger partial charge in [0.25, 0.3) is 5.56 Å². The van der Waals surface area contributed by atoms with E-state index in [9.17, 15) is 9.59 Å². The zero-order valence-electron chi connectivity index (χ0n) is 14.4. The van der Waals surface area contributed by atoms with Crippen LogP contribution in [0.2, 0.25) is 0 Å². The quantitative estimate of drug-likeness (QED) is 0.848. The lowest BCUT2D eigenvalue weighted by Crippen LogP contribution is -2.48. The Morgan fingerprint density at radius 3 is 2.58 bits per heavy atom. The maximum absolute atomic E-state index is 12.5. The van der Waals surface area contributed by atoms with Crippen molar-refractivity contribution in [2.45, 2.75) is 26.8 Å². The molecule has 6 heteroatoms. The SMILES string of the molecule is CCN1CCN(C(=O)CCn2c(=O)c(C)nc3ccccc32)CC1. The van der Waals surface area contributed by atoms with E-state index in [0.29, 0.717) is 18.7 Å². The average molecular weight is 328 g/mol. The molecule has 0 atom stereocenters. The number of carbonyl (C=O) groups excluding carboxylic acids is 1. The number of benzene rings is 1. The first-order chi connectivity index (χ1) is 11.6. The molecule has 1 saturated heterocycles. The fourth-order valence-corrected chi connectivity index (χ4v) is 3.22. The highest BCUT2D eigenvalue weighted by Gasteiger charge is 2.20. The van der Waals surface area contributed by atoms with Gasteiger partial charge in [0.15, 0.2) is 0 Å². The Kier molecular flexibility index (Phi) is 4.94. The van der Waals surface area contributed by atoms with Gasteiger partial charge in [0.05, 0.1) is 11.0 Å². The van der Waals surface area contributed by atoms with Gasteiger partial charge < -0.3 is 14.4 Å². The van der Waals surface area contributed by atoms with E-state index in [4.69, 9.17) is 0 Å². The first-order valence-corrected chi connectivity index (χ1v) is 8.56. The number of fused-ring (bicyclic) bond motifs is 1. The summed E-state index contributed by atoms with van der Waals surface area (Å²) >= 11 is 0. The normalized spacial score (nSPS) is 15.8. The number of amides is 1. The van der Waals surface area contributed by atoms with Gasteiger partial charge in [-0.3, -0.25) is 9.59 Å². The Labute approximate surface area is 141 Å². The summed E-state index contributed by atoms with van der Waals surface area (Å²) in [5.74, 6) is 0.121. The van der Waals surface area contributed by atoms with Crippen molar-refractivity contribution >= 4 is 16.9 Å². The van der Waals surface area contributed by atoms with Crippen LogP contribution in [0, 0.1) is 6.92 Å². The van der Waals surface area contributed by atoms with E-state index in [1.54, 1.807) is 11.5 Å². The van der Waals surface area contributed by atoms with Gasteiger partial charge in [-0.1, -0.05) is 19.1 Å². The van der Waals surface area contributed by atoms with Gasteiger partial charge in [0, 0.05) is 39.1 Å². The predicted molar refractivity (Wildman–Crippen MR) is 94.1 cm³/mol. The van der Waals surface area contributed by atoms with E-state index in [1.165, 1.54) is 0 Å². The summed E-state index contributed by atoms with van der Waals surface area (Å²) in [5.41, 5.74) is 1.94. The van der Waals surface area contributed by atoms with Crippen LogP contribution >= 0.6 is 0 Å². The van der Waals surface area contributed by atoms with Crippen molar-refractivity contribution in [2.75, 3.05) is 32.7 Å². The predicted octanol–water partition coefficient (Wildman–Crippen LogP) is 1.26. The lowest BCUT2D eigenvalue weighted by Gasteiger charge is -2.34. The Balaban J connectivity index is 1.73. The fourth-order valence-electron chi connectivity index (χ4n) is 3.22. The molecule has 1 aromatic heterocycles. The lowest BCUT2D eigenvalue weighted by molar-refractivity contribution is -0.133. The third-order valence-corrected chi connectivity index (χ3v) is 4.74. The molecule has 0 radical (unpaired) electrons. The molecule has 6 nitrogen and oxygen atoms in total. The molecular formula is C18H24N4O2. The number of likely N-dealkylation sites (N-methyl/N-ethyl adjacent to an activating group) is 1. The summed E-state index contributed by atoms with van der Waals surface area (Å²) in [4.78, 5) is 33.5. The van der Waals surface area contributed by atoms with E-state index in [2.05, 4.69) is 16.8 Å². The third-order valence-electron chi connectivity index (χ3n) is 4.74. The first kappa shape index (κ1) is 16.6. The number of piperazine rings is 1. The summed E-state index contributed by atoms with van der Waals surface area (Å²) < 4.78 is 1.68. The maximum Gasteiger partial charge on any atom is 0.272 e. The molecule has 0 spiro atoms. The molecule has 0 saturated carbocycles. The van der Waals surface area contributed by atoms with E-state index < -0.39 is 0 Å². The smallest absolute Gasteiger partial charge is 0.272 e. The van der Waals surface area contributed by atoms with Crippen molar-refractivity contribution in [2.24, 2.45) is 0 Å². The summed E-state index contributed by atoms with van der Waals surface area (Å²) in [6, 6.07) is 7.57. The molecule has 1 fully saturated rings. The van der Waals surface area contributed by atoms with Crippen molar-refractivity contribution < 1.29 is 4.79 Å². The van der Waals surface area contributed by atoms with Crippen LogP contribution in [0.5, 0.6) is 0 Å². The molecule has 0 bridgehead atoms. The molecule has 1 aromatic carbocycles. The van der Waals surface area contributed by atoms with Gasteiger partial charge >= 0.3 is 0 Å². The highest BCUT2D eigenvalue weighted by atomic mass is 16.2. The number of para-hydroxylation sites is 2. The maximum atomic E-state index is 12.5. The second kappa shape index (κ2) is 7.13. The topological polar surface area (TPSA) is 58.4 Å². The zero-order chi connectivity index (χ0) is 17.1. The van der Waals surface area contributed by atoms with Gasteiger partial charge in [-0.2, -0.15) is 0 Å². The monoisotopic (exact) mass is 328 g/mol. The van der Waals surface area contributed by atoms with Crippen molar-refractivity contribution in [3.63, 3.8) is 0 Å². The molecule has 1 amide bonds. The lowest BCUT2D eigenvalue weighted by atomic mass is 10.2. The molecule has 0 N–H and O–H groups in total.